The van der Waals surface area contributed by atoms with Crippen molar-refractivity contribution >= 4 is 23.2 Å². The molecule has 0 radical (unpaired) electrons. The van der Waals surface area contributed by atoms with Gasteiger partial charge in [-0.1, -0.05) is 23.7 Å². The summed E-state index contributed by atoms with van der Waals surface area (Å²) >= 11 is 6.02. The van der Waals surface area contributed by atoms with Crippen LogP contribution in [0.5, 0.6) is 5.75 Å². The third kappa shape index (κ3) is 5.26. The van der Waals surface area contributed by atoms with Gasteiger partial charge in [0, 0.05) is 12.7 Å². The van der Waals surface area contributed by atoms with Crippen LogP contribution in [0.4, 0.5) is 5.69 Å². The van der Waals surface area contributed by atoms with Crippen LogP contribution in [-0.2, 0) is 11.3 Å². The molecule has 1 aromatic heterocycles. The predicted octanol–water partition coefficient (Wildman–Crippen LogP) is 2.50. The lowest BCUT2D eigenvalue weighted by Crippen LogP contribution is -2.30. The van der Waals surface area contributed by atoms with Gasteiger partial charge in [0.15, 0.2) is 6.10 Å². The minimum absolute atomic E-state index is 0.253. The molecule has 7 heteroatoms. The number of para-hydroxylation sites is 1. The van der Waals surface area contributed by atoms with E-state index in [9.17, 15) is 4.79 Å². The number of aromatic nitrogens is 2. The van der Waals surface area contributed by atoms with E-state index in [0.717, 1.165) is 13.1 Å². The third-order valence-corrected chi connectivity index (χ3v) is 3.50. The second kappa shape index (κ2) is 7.99. The fraction of sp³-hybridized carbons (Fsp3) is 0.375. The molecule has 0 aliphatic carbocycles. The third-order valence-electron chi connectivity index (χ3n) is 3.19. The first-order valence-electron chi connectivity index (χ1n) is 7.35. The lowest BCUT2D eigenvalue weighted by molar-refractivity contribution is -0.122. The highest BCUT2D eigenvalue weighted by molar-refractivity contribution is 6.32. The number of ether oxygens (including phenoxy) is 1. The molecule has 1 unspecified atom stereocenters. The first-order valence-corrected chi connectivity index (χ1v) is 7.72. The number of anilines is 1. The monoisotopic (exact) mass is 336 g/mol. The number of hydrogen-bond donors (Lipinski definition) is 1. The maximum Gasteiger partial charge on any atom is 0.265 e. The number of carbonyl (C=O) groups excluding carboxylic acids is 1. The summed E-state index contributed by atoms with van der Waals surface area (Å²) in [6.45, 7) is 3.31. The van der Waals surface area contributed by atoms with Crippen molar-refractivity contribution in [3.8, 4) is 5.75 Å². The highest BCUT2D eigenvalue weighted by Gasteiger charge is 2.16. The van der Waals surface area contributed by atoms with Gasteiger partial charge in [0.05, 0.1) is 23.5 Å². The standard InChI is InChI=1S/C16H21ClN4O2/c1-12(23-15-7-5-4-6-14(15)17)16(22)19-13-10-18-21(11-13)9-8-20(2)3/h4-7,10-12H,8-9H2,1-3H3,(H,19,22). The Morgan fingerprint density at radius 1 is 1.43 bits per heavy atom. The van der Waals surface area contributed by atoms with Crippen molar-refractivity contribution < 1.29 is 9.53 Å². The van der Waals surface area contributed by atoms with Gasteiger partial charge in [-0.2, -0.15) is 5.10 Å². The average molecular weight is 337 g/mol. The summed E-state index contributed by atoms with van der Waals surface area (Å²) in [5.41, 5.74) is 0.642. The van der Waals surface area contributed by atoms with E-state index in [0.29, 0.717) is 16.5 Å². The zero-order valence-corrected chi connectivity index (χ0v) is 14.2. The van der Waals surface area contributed by atoms with Gasteiger partial charge in [0.25, 0.3) is 5.91 Å². The molecule has 0 saturated carbocycles. The molecule has 1 heterocycles. The van der Waals surface area contributed by atoms with Crippen molar-refractivity contribution in [2.75, 3.05) is 26.0 Å². The molecule has 0 aliphatic rings. The van der Waals surface area contributed by atoms with E-state index in [2.05, 4.69) is 15.3 Å². The number of benzene rings is 1. The van der Waals surface area contributed by atoms with Gasteiger partial charge in [0.2, 0.25) is 0 Å². The molecule has 2 rings (SSSR count). The van der Waals surface area contributed by atoms with E-state index in [-0.39, 0.29) is 5.91 Å². The van der Waals surface area contributed by atoms with Crippen molar-refractivity contribution in [2.24, 2.45) is 0 Å². The van der Waals surface area contributed by atoms with Gasteiger partial charge in [-0.15, -0.1) is 0 Å². The molecule has 1 aromatic carbocycles. The zero-order valence-electron chi connectivity index (χ0n) is 13.5. The second-order valence-corrected chi connectivity index (χ2v) is 5.88. The van der Waals surface area contributed by atoms with Crippen LogP contribution in [0.15, 0.2) is 36.7 Å². The Balaban J connectivity index is 1.90. The molecule has 0 spiro atoms. The van der Waals surface area contributed by atoms with Gasteiger partial charge in [-0.05, 0) is 33.2 Å². The molecule has 0 aliphatic heterocycles. The number of halogens is 1. The summed E-state index contributed by atoms with van der Waals surface area (Å²) in [4.78, 5) is 14.2. The SMILES string of the molecule is CC(Oc1ccccc1Cl)C(=O)Nc1cnn(CCN(C)C)c1. The van der Waals surface area contributed by atoms with E-state index in [1.54, 1.807) is 42.2 Å². The van der Waals surface area contributed by atoms with Crippen LogP contribution < -0.4 is 10.1 Å². The molecule has 2 aromatic rings. The smallest absolute Gasteiger partial charge is 0.265 e. The molecular formula is C16H21ClN4O2. The van der Waals surface area contributed by atoms with Gasteiger partial charge in [-0.3, -0.25) is 9.48 Å². The summed E-state index contributed by atoms with van der Waals surface area (Å²) < 4.78 is 7.37. The first-order chi connectivity index (χ1) is 11.0. The van der Waals surface area contributed by atoms with Crippen molar-refractivity contribution in [1.29, 1.82) is 0 Å². The molecule has 23 heavy (non-hydrogen) atoms. The summed E-state index contributed by atoms with van der Waals surface area (Å²) in [5, 5.41) is 7.47. The van der Waals surface area contributed by atoms with Crippen molar-refractivity contribution in [3.63, 3.8) is 0 Å². The number of nitrogens with one attached hydrogen (secondary N) is 1. The topological polar surface area (TPSA) is 59.4 Å². The Hall–Kier alpha value is -2.05. The minimum Gasteiger partial charge on any atom is -0.479 e. The minimum atomic E-state index is -0.667. The molecule has 124 valence electrons. The normalized spacial score (nSPS) is 12.2. The van der Waals surface area contributed by atoms with Crippen LogP contribution in [0.2, 0.25) is 5.02 Å². The number of likely N-dealkylation sites (N-methyl/N-ethyl adjacent to an activating group) is 1. The number of nitrogens with zero attached hydrogens (tertiary/aromatic N) is 3. The molecule has 1 amide bonds. The maximum absolute atomic E-state index is 12.2. The maximum atomic E-state index is 12.2. The van der Waals surface area contributed by atoms with Crippen molar-refractivity contribution in [3.05, 3.63) is 41.7 Å². The van der Waals surface area contributed by atoms with E-state index < -0.39 is 6.10 Å². The van der Waals surface area contributed by atoms with Crippen LogP contribution in [0.3, 0.4) is 0 Å². The Kier molecular flexibility index (Phi) is 6.01. The summed E-state index contributed by atoms with van der Waals surface area (Å²) in [6, 6.07) is 7.06. The summed E-state index contributed by atoms with van der Waals surface area (Å²) in [6.07, 6.45) is 2.75. The van der Waals surface area contributed by atoms with Gasteiger partial charge >= 0.3 is 0 Å². The first kappa shape index (κ1) is 17.3. The molecule has 0 bridgehead atoms. The van der Waals surface area contributed by atoms with E-state index in [1.807, 2.05) is 20.2 Å². The van der Waals surface area contributed by atoms with E-state index in [1.165, 1.54) is 0 Å². The molecule has 6 nitrogen and oxygen atoms in total. The number of amides is 1. The predicted molar refractivity (Wildman–Crippen MR) is 91.0 cm³/mol. The van der Waals surface area contributed by atoms with Crippen molar-refractivity contribution in [2.45, 2.75) is 19.6 Å². The fourth-order valence-corrected chi connectivity index (χ4v) is 2.06. The Morgan fingerprint density at radius 2 is 2.17 bits per heavy atom. The van der Waals surface area contributed by atoms with Crippen LogP contribution >= 0.6 is 11.6 Å². The Morgan fingerprint density at radius 3 is 2.87 bits per heavy atom. The molecule has 0 saturated heterocycles. The van der Waals surface area contributed by atoms with Gasteiger partial charge < -0.3 is 15.0 Å². The molecule has 1 N–H and O–H groups in total. The van der Waals surface area contributed by atoms with E-state index >= 15 is 0 Å². The molecular weight excluding hydrogens is 316 g/mol. The molecule has 0 fully saturated rings. The number of hydrogen-bond acceptors (Lipinski definition) is 4. The van der Waals surface area contributed by atoms with Crippen LogP contribution in [0.25, 0.3) is 0 Å². The Labute approximate surface area is 141 Å². The quantitative estimate of drug-likeness (QED) is 0.844. The number of carbonyl (C=O) groups is 1. The van der Waals surface area contributed by atoms with Crippen molar-refractivity contribution in [1.82, 2.24) is 14.7 Å². The Bertz CT molecular complexity index is 657. The largest absolute Gasteiger partial charge is 0.479 e. The lowest BCUT2D eigenvalue weighted by atomic mass is 10.3. The zero-order chi connectivity index (χ0) is 16.8. The number of rotatable bonds is 7. The average Bonchev–Trinajstić information content (AvgIpc) is 2.95. The molecule has 1 atom stereocenters. The van der Waals surface area contributed by atoms with Gasteiger partial charge in [0.1, 0.15) is 5.75 Å². The van der Waals surface area contributed by atoms with Crippen LogP contribution in [-0.4, -0.2) is 47.3 Å². The lowest BCUT2D eigenvalue weighted by Gasteiger charge is -2.14. The highest BCUT2D eigenvalue weighted by Crippen LogP contribution is 2.24. The van der Waals surface area contributed by atoms with Crippen LogP contribution in [0.1, 0.15) is 6.92 Å². The summed E-state index contributed by atoms with van der Waals surface area (Å²) in [5.74, 6) is 0.232. The van der Waals surface area contributed by atoms with Crippen LogP contribution in [0, 0.1) is 0 Å². The summed E-state index contributed by atoms with van der Waals surface area (Å²) in [7, 11) is 4.00. The second-order valence-electron chi connectivity index (χ2n) is 5.48. The van der Waals surface area contributed by atoms with Gasteiger partial charge in [-0.25, -0.2) is 0 Å². The van der Waals surface area contributed by atoms with E-state index in [4.69, 9.17) is 16.3 Å². The highest BCUT2D eigenvalue weighted by atomic mass is 35.5. The fourth-order valence-electron chi connectivity index (χ4n) is 1.88.